The van der Waals surface area contributed by atoms with Crippen LogP contribution in [0.1, 0.15) is 33.6 Å². The monoisotopic (exact) mass is 497 g/mol. The Morgan fingerprint density at radius 1 is 0.970 bits per heavy atom. The Bertz CT molecular complexity index is 1020. The quantitative estimate of drug-likeness (QED) is 0.572. The van der Waals surface area contributed by atoms with Gasteiger partial charge < -0.3 is 9.80 Å². The van der Waals surface area contributed by atoms with Crippen LogP contribution in [-0.4, -0.2) is 90.1 Å². The first-order valence-corrected chi connectivity index (χ1v) is 15.9. The van der Waals surface area contributed by atoms with Crippen molar-refractivity contribution in [1.82, 2.24) is 4.90 Å². The van der Waals surface area contributed by atoms with E-state index in [9.17, 15) is 16.8 Å². The molecule has 0 unspecified atom stereocenters. The molecule has 1 aromatic rings. The number of rotatable bonds is 7. The minimum atomic E-state index is -2.97. The van der Waals surface area contributed by atoms with Gasteiger partial charge in [-0.3, -0.25) is 4.90 Å². The molecule has 7 nitrogen and oxygen atoms in total. The normalized spacial score (nSPS) is 27.5. The molecule has 186 valence electrons. The second-order valence-corrected chi connectivity index (χ2v) is 15.4. The fourth-order valence-corrected chi connectivity index (χ4v) is 8.46. The van der Waals surface area contributed by atoms with Crippen molar-refractivity contribution in [2.75, 3.05) is 72.1 Å². The average Bonchev–Trinajstić information content (AvgIpc) is 2.99. The van der Waals surface area contributed by atoms with Gasteiger partial charge in [0.1, 0.15) is 0 Å². The Morgan fingerprint density at radius 3 is 2.24 bits per heavy atom. The third kappa shape index (κ3) is 5.85. The van der Waals surface area contributed by atoms with E-state index in [0.29, 0.717) is 38.0 Å². The summed E-state index contributed by atoms with van der Waals surface area (Å²) in [7, 11) is -5.86. The minimum absolute atomic E-state index is 0.153. The van der Waals surface area contributed by atoms with Gasteiger partial charge in [-0.15, -0.1) is 0 Å². The molecule has 1 aromatic carbocycles. The van der Waals surface area contributed by atoms with Crippen molar-refractivity contribution < 1.29 is 16.8 Å². The predicted octanol–water partition coefficient (Wildman–Crippen LogP) is 2.28. The zero-order chi connectivity index (χ0) is 23.9. The van der Waals surface area contributed by atoms with Crippen LogP contribution in [0.2, 0.25) is 0 Å². The Balaban J connectivity index is 1.47. The molecule has 0 spiro atoms. The summed E-state index contributed by atoms with van der Waals surface area (Å²) in [5.41, 5.74) is 2.43. The summed E-state index contributed by atoms with van der Waals surface area (Å²) >= 11 is 0. The smallest absolute Gasteiger partial charge is 0.153 e. The van der Waals surface area contributed by atoms with Crippen LogP contribution >= 0.6 is 0 Å². The SMILES string of the molecule is CCCS(=O)(=O)CCN1C[C@@H]2CN(c3ccc(N4CCS(=O)(=O)CC4)cc3)[C@H](C1)C(C)(C)C2. The van der Waals surface area contributed by atoms with Crippen LogP contribution in [0.4, 0.5) is 11.4 Å². The Labute approximate surface area is 200 Å². The van der Waals surface area contributed by atoms with Crippen molar-refractivity contribution in [2.24, 2.45) is 11.3 Å². The third-order valence-corrected chi connectivity index (χ3v) is 11.1. The molecule has 2 atom stereocenters. The summed E-state index contributed by atoms with van der Waals surface area (Å²) in [6.45, 7) is 11.2. The molecule has 0 radical (unpaired) electrons. The van der Waals surface area contributed by atoms with Gasteiger partial charge in [0, 0.05) is 62.4 Å². The van der Waals surface area contributed by atoms with Gasteiger partial charge in [0.15, 0.2) is 19.7 Å². The van der Waals surface area contributed by atoms with E-state index in [1.54, 1.807) is 0 Å². The van der Waals surface area contributed by atoms with Gasteiger partial charge in [-0.25, -0.2) is 16.8 Å². The maximum Gasteiger partial charge on any atom is 0.153 e. The molecule has 4 aliphatic heterocycles. The maximum absolute atomic E-state index is 12.3. The highest BCUT2D eigenvalue weighted by Crippen LogP contribution is 2.43. The molecule has 0 N–H and O–H groups in total. The van der Waals surface area contributed by atoms with Crippen molar-refractivity contribution in [2.45, 2.75) is 39.7 Å². The Morgan fingerprint density at radius 2 is 1.61 bits per heavy atom. The third-order valence-electron chi connectivity index (χ3n) is 7.62. The largest absolute Gasteiger partial charge is 0.369 e. The van der Waals surface area contributed by atoms with Gasteiger partial charge in [0.05, 0.1) is 17.3 Å². The van der Waals surface area contributed by atoms with E-state index < -0.39 is 19.7 Å². The molecule has 4 fully saturated rings. The molecule has 0 saturated carbocycles. The molecule has 4 heterocycles. The van der Waals surface area contributed by atoms with E-state index in [2.05, 4.69) is 52.8 Å². The van der Waals surface area contributed by atoms with Gasteiger partial charge >= 0.3 is 0 Å². The summed E-state index contributed by atoms with van der Waals surface area (Å²) in [5.74, 6) is 1.49. The zero-order valence-corrected chi connectivity index (χ0v) is 21.9. The van der Waals surface area contributed by atoms with Crippen molar-refractivity contribution in [1.29, 1.82) is 0 Å². The van der Waals surface area contributed by atoms with Crippen molar-refractivity contribution in [3.8, 4) is 0 Å². The number of sulfone groups is 2. The molecule has 0 aliphatic carbocycles. The van der Waals surface area contributed by atoms with E-state index in [1.807, 2.05) is 6.92 Å². The fourth-order valence-electron chi connectivity index (χ4n) is 5.90. The van der Waals surface area contributed by atoms with Gasteiger partial charge in [0.25, 0.3) is 0 Å². The number of piperidine rings is 1. The number of nitrogens with zero attached hydrogens (tertiary/aromatic N) is 3. The molecule has 0 aromatic heterocycles. The minimum Gasteiger partial charge on any atom is -0.369 e. The molecular weight excluding hydrogens is 458 g/mol. The van der Waals surface area contributed by atoms with Gasteiger partial charge in [0.2, 0.25) is 0 Å². The van der Waals surface area contributed by atoms with Crippen molar-refractivity contribution in [3.05, 3.63) is 24.3 Å². The molecule has 4 saturated heterocycles. The number of hydrogen-bond donors (Lipinski definition) is 0. The standard InChI is InChI=1S/C24H39N3O4S2/c1-4-12-32(28,29)13-9-25-17-20-16-24(2,3)23(19-25)27(18-20)22-7-5-21(6-8-22)26-10-14-33(30,31)15-11-26/h5-8,20,23H,4,9-19H2,1-3H3/t20-,23-/m1/s1. The molecule has 2 bridgehead atoms. The molecule has 9 heteroatoms. The number of hydrogen-bond acceptors (Lipinski definition) is 7. The van der Waals surface area contributed by atoms with Crippen LogP contribution in [0.5, 0.6) is 0 Å². The molecule has 0 amide bonds. The predicted molar refractivity (Wildman–Crippen MR) is 136 cm³/mol. The van der Waals surface area contributed by atoms with Crippen molar-refractivity contribution >= 4 is 31.0 Å². The highest BCUT2D eigenvalue weighted by molar-refractivity contribution is 7.91. The van der Waals surface area contributed by atoms with Crippen LogP contribution in [0.25, 0.3) is 0 Å². The second-order valence-electron chi connectivity index (χ2n) is 10.8. The average molecular weight is 498 g/mol. The molecule has 5 rings (SSSR count). The van der Waals surface area contributed by atoms with Crippen LogP contribution in [0.3, 0.4) is 0 Å². The Kier molecular flexibility index (Phi) is 7.05. The lowest BCUT2D eigenvalue weighted by Gasteiger charge is -2.48. The Hall–Kier alpha value is -1.32. The summed E-state index contributed by atoms with van der Waals surface area (Å²) in [6, 6.07) is 8.91. The van der Waals surface area contributed by atoms with Crippen LogP contribution in [-0.2, 0) is 19.7 Å². The number of benzene rings is 1. The van der Waals surface area contributed by atoms with E-state index in [0.717, 1.165) is 31.7 Å². The summed E-state index contributed by atoms with van der Waals surface area (Å²) in [6.07, 6.45) is 1.84. The topological polar surface area (TPSA) is 78.0 Å². The van der Waals surface area contributed by atoms with E-state index in [4.69, 9.17) is 0 Å². The first-order valence-electron chi connectivity index (χ1n) is 12.2. The lowest BCUT2D eigenvalue weighted by molar-refractivity contribution is 0.191. The van der Waals surface area contributed by atoms with Crippen LogP contribution in [0, 0.1) is 11.3 Å². The lowest BCUT2D eigenvalue weighted by Crippen LogP contribution is -2.54. The van der Waals surface area contributed by atoms with Crippen molar-refractivity contribution in [3.63, 3.8) is 0 Å². The number of fused-ring (bicyclic) bond motifs is 4. The second kappa shape index (κ2) is 9.38. The molecular formula is C24H39N3O4S2. The summed E-state index contributed by atoms with van der Waals surface area (Å²) in [5, 5.41) is 0. The molecule has 33 heavy (non-hydrogen) atoms. The summed E-state index contributed by atoms with van der Waals surface area (Å²) in [4.78, 5) is 7.06. The van der Waals surface area contributed by atoms with E-state index in [1.165, 1.54) is 5.69 Å². The van der Waals surface area contributed by atoms with Crippen LogP contribution < -0.4 is 9.80 Å². The van der Waals surface area contributed by atoms with Gasteiger partial charge in [-0.1, -0.05) is 20.8 Å². The molecule has 4 aliphatic rings. The zero-order valence-electron chi connectivity index (χ0n) is 20.2. The fraction of sp³-hybridized carbons (Fsp3) is 0.750. The van der Waals surface area contributed by atoms with E-state index >= 15 is 0 Å². The lowest BCUT2D eigenvalue weighted by atomic mass is 9.73. The summed E-state index contributed by atoms with van der Waals surface area (Å²) < 4.78 is 48.0. The van der Waals surface area contributed by atoms with Gasteiger partial charge in [-0.2, -0.15) is 0 Å². The maximum atomic E-state index is 12.3. The highest BCUT2D eigenvalue weighted by atomic mass is 32.2. The van der Waals surface area contributed by atoms with Gasteiger partial charge in [-0.05, 0) is 48.4 Å². The number of anilines is 2. The first kappa shape index (κ1) is 24.8. The van der Waals surface area contributed by atoms with E-state index in [-0.39, 0.29) is 28.4 Å². The highest BCUT2D eigenvalue weighted by Gasteiger charge is 2.45. The van der Waals surface area contributed by atoms with Crippen LogP contribution in [0.15, 0.2) is 24.3 Å². The first-order chi connectivity index (χ1) is 15.5.